The van der Waals surface area contributed by atoms with Crippen LogP contribution in [-0.4, -0.2) is 9.96 Å². The molecule has 4 aromatic carbocycles. The highest BCUT2D eigenvalue weighted by Gasteiger charge is 2.17. The van der Waals surface area contributed by atoms with Gasteiger partial charge >= 0.3 is 0 Å². The van der Waals surface area contributed by atoms with E-state index < -0.39 is 11.1 Å². The van der Waals surface area contributed by atoms with E-state index in [1.54, 1.807) is 0 Å². The summed E-state index contributed by atoms with van der Waals surface area (Å²) in [6.07, 6.45) is 0.788. The Morgan fingerprint density at radius 3 is 1.75 bits per heavy atom. The van der Waals surface area contributed by atoms with Crippen LogP contribution in [0.4, 0.5) is 17.1 Å². The van der Waals surface area contributed by atoms with Crippen LogP contribution >= 0.6 is 31.9 Å². The Morgan fingerprint density at radius 2 is 1.19 bits per heavy atom. The molecule has 0 aromatic heterocycles. The average Bonchev–Trinajstić information content (AvgIpc) is 2.82. The van der Waals surface area contributed by atoms with Gasteiger partial charge in [0.15, 0.2) is 0 Å². The summed E-state index contributed by atoms with van der Waals surface area (Å²) < 4.78 is 19.4. The topological polar surface area (TPSA) is 29.5 Å². The largest absolute Gasteiger partial charge is 0.400 e. The number of fused-ring (bicyclic) bond motifs is 1. The number of hydrogen-bond donors (Lipinski definition) is 0. The number of halogens is 2. The normalized spacial score (nSPS) is 15.0. The molecule has 3 nitrogen and oxygen atoms in total. The maximum absolute atomic E-state index is 11.8. The fraction of sp³-hybridized carbons (Fsp3) is 0.0769. The van der Waals surface area contributed by atoms with E-state index in [4.69, 9.17) is 4.18 Å². The molecule has 1 heterocycles. The monoisotopic (exact) mass is 567 g/mol. The van der Waals surface area contributed by atoms with Crippen LogP contribution in [0.15, 0.2) is 99.9 Å². The van der Waals surface area contributed by atoms with Crippen molar-refractivity contribution in [3.05, 3.63) is 106 Å². The highest BCUT2D eigenvalue weighted by Crippen LogP contribution is 2.37. The molecule has 1 unspecified atom stereocenters. The van der Waals surface area contributed by atoms with Gasteiger partial charge in [-0.2, -0.15) is 0 Å². The summed E-state index contributed by atoms with van der Waals surface area (Å²) in [5, 5.41) is 0. The molecule has 5 rings (SSSR count). The predicted octanol–water partition coefficient (Wildman–Crippen LogP) is 7.95. The number of aryl methyl sites for hydroxylation is 1. The predicted molar refractivity (Wildman–Crippen MR) is 139 cm³/mol. The van der Waals surface area contributed by atoms with Crippen LogP contribution in [0.1, 0.15) is 5.56 Å². The van der Waals surface area contributed by atoms with Crippen LogP contribution in [0.3, 0.4) is 0 Å². The first kappa shape index (κ1) is 21.4. The van der Waals surface area contributed by atoms with Crippen molar-refractivity contribution >= 4 is 60.0 Å². The summed E-state index contributed by atoms with van der Waals surface area (Å²) in [4.78, 5) is 2.22. The van der Waals surface area contributed by atoms with E-state index in [2.05, 4.69) is 97.4 Å². The fourth-order valence-corrected chi connectivity index (χ4v) is 5.14. The summed E-state index contributed by atoms with van der Waals surface area (Å²) in [5.74, 6) is 1.28. The Hall–Kier alpha value is -2.41. The van der Waals surface area contributed by atoms with E-state index in [1.165, 1.54) is 0 Å². The van der Waals surface area contributed by atoms with Gasteiger partial charge in [-0.25, -0.2) is 4.21 Å². The first-order valence-corrected chi connectivity index (χ1v) is 13.0. The molecular weight excluding hydrogens is 550 g/mol. The first-order valence-electron chi connectivity index (χ1n) is 10.2. The van der Waals surface area contributed by atoms with E-state index in [1.807, 2.05) is 30.3 Å². The van der Waals surface area contributed by atoms with E-state index in [9.17, 15) is 4.21 Å². The molecule has 0 saturated carbocycles. The molecule has 160 valence electrons. The van der Waals surface area contributed by atoms with Gasteiger partial charge < -0.3 is 9.08 Å². The zero-order valence-corrected chi connectivity index (χ0v) is 21.0. The zero-order chi connectivity index (χ0) is 22.1. The molecule has 0 fully saturated rings. The highest BCUT2D eigenvalue weighted by atomic mass is 79.9. The summed E-state index contributed by atoms with van der Waals surface area (Å²) in [6, 6.07) is 31.2. The second-order valence-corrected chi connectivity index (χ2v) is 10.5. The van der Waals surface area contributed by atoms with Gasteiger partial charge in [0.2, 0.25) is 11.1 Å². The Morgan fingerprint density at radius 1 is 0.688 bits per heavy atom. The van der Waals surface area contributed by atoms with E-state index >= 15 is 0 Å². The summed E-state index contributed by atoms with van der Waals surface area (Å²) in [6.45, 7) is 0. The molecule has 4 aromatic rings. The van der Waals surface area contributed by atoms with Crippen LogP contribution in [0.2, 0.25) is 0 Å². The molecule has 0 spiro atoms. The van der Waals surface area contributed by atoms with E-state index in [0.717, 1.165) is 54.9 Å². The maximum Gasteiger partial charge on any atom is 0.206 e. The highest BCUT2D eigenvalue weighted by molar-refractivity contribution is 9.10. The first-order chi connectivity index (χ1) is 15.6. The Labute approximate surface area is 207 Å². The van der Waals surface area contributed by atoms with Gasteiger partial charge in [-0.15, -0.1) is 0 Å². The summed E-state index contributed by atoms with van der Waals surface area (Å²) in [7, 11) is 0. The molecule has 0 N–H and O–H groups in total. The molecule has 0 amide bonds. The van der Waals surface area contributed by atoms with E-state index in [0.29, 0.717) is 5.75 Å². The molecule has 1 aliphatic heterocycles. The van der Waals surface area contributed by atoms with Gasteiger partial charge in [0.05, 0.1) is 5.75 Å². The van der Waals surface area contributed by atoms with Gasteiger partial charge in [0.25, 0.3) is 0 Å². The number of anilines is 3. The molecule has 0 aliphatic carbocycles. The Kier molecular flexibility index (Phi) is 6.17. The van der Waals surface area contributed by atoms with Crippen molar-refractivity contribution in [2.24, 2.45) is 0 Å². The third-order valence-corrected chi connectivity index (χ3v) is 7.38. The quantitative estimate of drug-likeness (QED) is 0.250. The standard InChI is InChI=1S/C26H19Br2NO2S/c27-21-5-11-24(12-6-21)29(25-13-7-22(28)8-14-25)23-9-3-18(4-10-23)20-2-1-19-15-16-32(30)31-26(19)17-20/h1-14,17H,15-16H2. The number of benzene rings is 4. The molecule has 0 saturated heterocycles. The zero-order valence-electron chi connectivity index (χ0n) is 17.0. The SMILES string of the molecule is O=S1CCc2ccc(-c3ccc(N(c4ccc(Br)cc4)c4ccc(Br)cc4)cc3)cc2O1. The molecule has 0 bridgehead atoms. The second kappa shape index (κ2) is 9.22. The van der Waals surface area contributed by atoms with Crippen LogP contribution in [0.25, 0.3) is 11.1 Å². The molecule has 1 atom stereocenters. The van der Waals surface area contributed by atoms with Crippen molar-refractivity contribution in [2.45, 2.75) is 6.42 Å². The summed E-state index contributed by atoms with van der Waals surface area (Å²) >= 11 is 5.82. The molecule has 6 heteroatoms. The second-order valence-electron chi connectivity index (χ2n) is 7.50. The van der Waals surface area contributed by atoms with Crippen LogP contribution < -0.4 is 9.08 Å². The van der Waals surface area contributed by atoms with Gasteiger partial charge in [-0.1, -0.05) is 56.1 Å². The Balaban J connectivity index is 1.51. The van der Waals surface area contributed by atoms with Crippen LogP contribution in [0, 0.1) is 0 Å². The van der Waals surface area contributed by atoms with Crippen molar-refractivity contribution in [2.75, 3.05) is 10.7 Å². The van der Waals surface area contributed by atoms with Crippen LogP contribution in [-0.2, 0) is 17.5 Å². The molecule has 1 aliphatic rings. The van der Waals surface area contributed by atoms with Crippen molar-refractivity contribution < 1.29 is 8.39 Å². The van der Waals surface area contributed by atoms with Gasteiger partial charge in [-0.3, -0.25) is 0 Å². The van der Waals surface area contributed by atoms with Crippen molar-refractivity contribution in [3.63, 3.8) is 0 Å². The van der Waals surface area contributed by atoms with Crippen LogP contribution in [0.5, 0.6) is 5.75 Å². The third kappa shape index (κ3) is 4.53. The van der Waals surface area contributed by atoms with Gasteiger partial charge in [0, 0.05) is 26.0 Å². The van der Waals surface area contributed by atoms with E-state index in [-0.39, 0.29) is 0 Å². The van der Waals surface area contributed by atoms with Gasteiger partial charge in [-0.05, 0) is 89.8 Å². The Bertz CT molecular complexity index is 1230. The lowest BCUT2D eigenvalue weighted by atomic mass is 10.0. The number of hydrogen-bond acceptors (Lipinski definition) is 3. The van der Waals surface area contributed by atoms with Crippen molar-refractivity contribution in [3.8, 4) is 16.9 Å². The number of nitrogens with zero attached hydrogens (tertiary/aromatic N) is 1. The fourth-order valence-electron chi connectivity index (χ4n) is 3.78. The molecule has 32 heavy (non-hydrogen) atoms. The lowest BCUT2D eigenvalue weighted by Crippen LogP contribution is -2.14. The van der Waals surface area contributed by atoms with Crippen molar-refractivity contribution in [1.82, 2.24) is 0 Å². The summed E-state index contributed by atoms with van der Waals surface area (Å²) in [5.41, 5.74) is 6.47. The minimum absolute atomic E-state index is 0.559. The third-order valence-electron chi connectivity index (χ3n) is 5.42. The lowest BCUT2D eigenvalue weighted by Gasteiger charge is -2.26. The minimum atomic E-state index is -1.24. The number of rotatable bonds is 4. The molecule has 0 radical (unpaired) electrons. The maximum atomic E-state index is 11.8. The average molecular weight is 569 g/mol. The lowest BCUT2D eigenvalue weighted by molar-refractivity contribution is 0.545. The van der Waals surface area contributed by atoms with Crippen molar-refractivity contribution in [1.29, 1.82) is 0 Å². The minimum Gasteiger partial charge on any atom is -0.400 e. The van der Waals surface area contributed by atoms with Gasteiger partial charge in [0.1, 0.15) is 5.75 Å². The smallest absolute Gasteiger partial charge is 0.206 e. The molecular formula is C26H19Br2NO2S.